The Kier molecular flexibility index (Phi) is 5.09. The van der Waals surface area contributed by atoms with Crippen molar-refractivity contribution in [1.82, 2.24) is 10.2 Å². The molecular weight excluding hydrogens is 260 g/mol. The molecule has 0 spiro atoms. The molecule has 0 aliphatic carbocycles. The molecule has 104 valence electrons. The fourth-order valence-electron chi connectivity index (χ4n) is 1.72. The summed E-state index contributed by atoms with van der Waals surface area (Å²) in [4.78, 5) is 23.8. The number of amides is 2. The molecule has 1 aliphatic heterocycles. The van der Waals surface area contributed by atoms with Gasteiger partial charge < -0.3 is 20.4 Å². The summed E-state index contributed by atoms with van der Waals surface area (Å²) in [5.41, 5.74) is 0. The Labute approximate surface area is 108 Å². The van der Waals surface area contributed by atoms with Gasteiger partial charge in [-0.05, 0) is 6.92 Å². The van der Waals surface area contributed by atoms with Gasteiger partial charge in [0, 0.05) is 41.8 Å². The second kappa shape index (κ2) is 6.14. The molecule has 0 aromatic rings. The molecule has 0 bridgehead atoms. The summed E-state index contributed by atoms with van der Waals surface area (Å²) in [6.45, 7) is 1.94. The van der Waals surface area contributed by atoms with E-state index in [-0.39, 0.29) is 24.8 Å². The summed E-state index contributed by atoms with van der Waals surface area (Å²) >= 11 is 0. The van der Waals surface area contributed by atoms with Gasteiger partial charge in [-0.15, -0.1) is 0 Å². The van der Waals surface area contributed by atoms with Crippen LogP contribution < -0.4 is 5.32 Å². The maximum Gasteiger partial charge on any atom is 0.326 e. The summed E-state index contributed by atoms with van der Waals surface area (Å²) < 4.78 is 11.1. The van der Waals surface area contributed by atoms with E-state index in [1.807, 2.05) is 0 Å². The lowest BCUT2D eigenvalue weighted by molar-refractivity contribution is -0.141. The molecule has 2 amide bonds. The van der Waals surface area contributed by atoms with Crippen LogP contribution >= 0.6 is 0 Å². The SMILES string of the molecule is CC(CNC(=O)N1CC(O)CC1C(=O)O)S(C)=O. The predicted octanol–water partition coefficient (Wildman–Crippen LogP) is -1.02. The second-order valence-electron chi connectivity index (χ2n) is 4.39. The Morgan fingerprint density at radius 1 is 1.56 bits per heavy atom. The van der Waals surface area contributed by atoms with E-state index >= 15 is 0 Å². The maximum atomic E-state index is 11.8. The number of aliphatic hydroxyl groups is 1. The quantitative estimate of drug-likeness (QED) is 0.610. The van der Waals surface area contributed by atoms with Crippen LogP contribution in [-0.2, 0) is 15.6 Å². The van der Waals surface area contributed by atoms with Gasteiger partial charge in [-0.25, -0.2) is 9.59 Å². The standard InChI is InChI=1S/C10H18N2O5S/c1-6(18(2)17)4-11-10(16)12-5-7(13)3-8(12)9(14)15/h6-8,13H,3-5H2,1-2H3,(H,11,16)(H,14,15). The maximum absolute atomic E-state index is 11.8. The van der Waals surface area contributed by atoms with Gasteiger partial charge >= 0.3 is 12.0 Å². The minimum atomic E-state index is -1.13. The largest absolute Gasteiger partial charge is 0.480 e. The number of carbonyl (C=O) groups excluding carboxylic acids is 1. The molecule has 4 unspecified atom stereocenters. The van der Waals surface area contributed by atoms with E-state index in [1.54, 1.807) is 6.92 Å². The zero-order chi connectivity index (χ0) is 13.9. The monoisotopic (exact) mass is 278 g/mol. The molecule has 0 radical (unpaired) electrons. The molecule has 1 aliphatic rings. The van der Waals surface area contributed by atoms with Crippen molar-refractivity contribution >= 4 is 22.8 Å². The number of aliphatic hydroxyl groups excluding tert-OH is 1. The van der Waals surface area contributed by atoms with E-state index in [4.69, 9.17) is 5.11 Å². The Morgan fingerprint density at radius 3 is 2.67 bits per heavy atom. The van der Waals surface area contributed by atoms with Crippen molar-refractivity contribution in [3.05, 3.63) is 0 Å². The average molecular weight is 278 g/mol. The lowest BCUT2D eigenvalue weighted by Crippen LogP contribution is -2.47. The average Bonchev–Trinajstić information content (AvgIpc) is 2.67. The molecule has 18 heavy (non-hydrogen) atoms. The molecule has 0 aromatic carbocycles. The fraction of sp³-hybridized carbons (Fsp3) is 0.800. The molecule has 1 saturated heterocycles. The van der Waals surface area contributed by atoms with Crippen LogP contribution in [0.2, 0.25) is 0 Å². The van der Waals surface area contributed by atoms with Crippen molar-refractivity contribution in [2.75, 3.05) is 19.3 Å². The number of hydrogen-bond acceptors (Lipinski definition) is 4. The Bertz CT molecular complexity index is 362. The lowest BCUT2D eigenvalue weighted by atomic mass is 10.2. The third-order valence-corrected chi connectivity index (χ3v) is 4.23. The Morgan fingerprint density at radius 2 is 2.17 bits per heavy atom. The Hall–Kier alpha value is -1.15. The van der Waals surface area contributed by atoms with Crippen molar-refractivity contribution < 1.29 is 24.0 Å². The number of carboxylic acids is 1. The number of β-amino-alcohol motifs (C(OH)–C–C–N with tert-alkyl or cyclic N) is 1. The molecule has 0 saturated carbocycles. The lowest BCUT2D eigenvalue weighted by Gasteiger charge is -2.22. The number of urea groups is 1. The first-order chi connectivity index (χ1) is 8.32. The number of carbonyl (C=O) groups is 2. The van der Waals surface area contributed by atoms with Gasteiger partial charge in [0.15, 0.2) is 0 Å². The van der Waals surface area contributed by atoms with Crippen molar-refractivity contribution in [1.29, 1.82) is 0 Å². The fourth-order valence-corrected chi connectivity index (χ4v) is 2.04. The highest BCUT2D eigenvalue weighted by Crippen LogP contribution is 2.18. The normalized spacial score (nSPS) is 26.7. The van der Waals surface area contributed by atoms with E-state index in [0.717, 1.165) is 4.90 Å². The van der Waals surface area contributed by atoms with Crippen LogP contribution in [0.5, 0.6) is 0 Å². The number of hydrogen-bond donors (Lipinski definition) is 3. The smallest absolute Gasteiger partial charge is 0.326 e. The van der Waals surface area contributed by atoms with Gasteiger partial charge in [0.1, 0.15) is 6.04 Å². The van der Waals surface area contributed by atoms with Crippen LogP contribution in [-0.4, -0.2) is 68.1 Å². The molecular formula is C10H18N2O5S. The van der Waals surface area contributed by atoms with Crippen molar-refractivity contribution in [2.24, 2.45) is 0 Å². The molecule has 1 fully saturated rings. The molecule has 7 nitrogen and oxygen atoms in total. The first-order valence-electron chi connectivity index (χ1n) is 5.60. The van der Waals surface area contributed by atoms with E-state index in [2.05, 4.69) is 5.32 Å². The molecule has 0 aromatic heterocycles. The van der Waals surface area contributed by atoms with E-state index in [0.29, 0.717) is 0 Å². The van der Waals surface area contributed by atoms with E-state index in [1.165, 1.54) is 6.26 Å². The van der Waals surface area contributed by atoms with Gasteiger partial charge in [0.25, 0.3) is 0 Å². The van der Waals surface area contributed by atoms with Crippen LogP contribution in [0.25, 0.3) is 0 Å². The highest BCUT2D eigenvalue weighted by molar-refractivity contribution is 7.84. The van der Waals surface area contributed by atoms with Crippen LogP contribution in [0.1, 0.15) is 13.3 Å². The van der Waals surface area contributed by atoms with E-state index < -0.39 is 34.9 Å². The highest BCUT2D eigenvalue weighted by atomic mass is 32.2. The first kappa shape index (κ1) is 14.9. The van der Waals surface area contributed by atoms with Gasteiger partial charge in [0.05, 0.1) is 6.10 Å². The zero-order valence-corrected chi connectivity index (χ0v) is 11.1. The summed E-state index contributed by atoms with van der Waals surface area (Å²) in [6.07, 6.45) is 0.767. The molecule has 8 heteroatoms. The number of nitrogens with one attached hydrogen (secondary N) is 1. The summed E-state index contributed by atoms with van der Waals surface area (Å²) in [7, 11) is -1.05. The molecule has 1 rings (SSSR count). The number of nitrogens with zero attached hydrogens (tertiary/aromatic N) is 1. The second-order valence-corrected chi connectivity index (χ2v) is 6.19. The summed E-state index contributed by atoms with van der Waals surface area (Å²) in [6, 6.07) is -1.54. The highest BCUT2D eigenvalue weighted by Gasteiger charge is 2.38. The van der Waals surface area contributed by atoms with Crippen LogP contribution in [0.15, 0.2) is 0 Å². The third-order valence-electron chi connectivity index (χ3n) is 2.93. The minimum absolute atomic E-state index is 0.00634. The summed E-state index contributed by atoms with van der Waals surface area (Å²) in [5.74, 6) is -1.13. The van der Waals surface area contributed by atoms with Gasteiger partial charge in [-0.1, -0.05) is 0 Å². The van der Waals surface area contributed by atoms with E-state index in [9.17, 15) is 18.9 Å². The molecule has 3 N–H and O–H groups in total. The topological polar surface area (TPSA) is 107 Å². The summed E-state index contributed by atoms with van der Waals surface area (Å²) in [5, 5.41) is 20.7. The number of likely N-dealkylation sites (tertiary alicyclic amines) is 1. The third kappa shape index (κ3) is 3.67. The van der Waals surface area contributed by atoms with Gasteiger partial charge in [0.2, 0.25) is 0 Å². The predicted molar refractivity (Wildman–Crippen MR) is 65.7 cm³/mol. The van der Waals surface area contributed by atoms with Crippen LogP contribution in [0, 0.1) is 0 Å². The number of carboxylic acid groups (broad SMARTS) is 1. The molecule has 1 heterocycles. The zero-order valence-electron chi connectivity index (χ0n) is 10.3. The Balaban J connectivity index is 2.55. The van der Waals surface area contributed by atoms with Gasteiger partial charge in [-0.3, -0.25) is 4.21 Å². The van der Waals surface area contributed by atoms with Gasteiger partial charge in [-0.2, -0.15) is 0 Å². The van der Waals surface area contributed by atoms with Crippen molar-refractivity contribution in [3.8, 4) is 0 Å². The van der Waals surface area contributed by atoms with Crippen molar-refractivity contribution in [2.45, 2.75) is 30.7 Å². The minimum Gasteiger partial charge on any atom is -0.480 e. The first-order valence-corrected chi connectivity index (χ1v) is 7.22. The molecule has 4 atom stereocenters. The van der Waals surface area contributed by atoms with Crippen LogP contribution in [0.4, 0.5) is 4.79 Å². The van der Waals surface area contributed by atoms with Crippen molar-refractivity contribution in [3.63, 3.8) is 0 Å². The number of rotatable bonds is 4. The number of aliphatic carboxylic acids is 1. The van der Waals surface area contributed by atoms with Crippen LogP contribution in [0.3, 0.4) is 0 Å².